The number of fused-ring (bicyclic) bond motifs is 1. The normalized spacial score (nSPS) is 20.3. The third kappa shape index (κ3) is 4.44. The molecule has 3 aromatic rings. The van der Waals surface area contributed by atoms with E-state index in [9.17, 15) is 14.7 Å². The zero-order valence-electron chi connectivity index (χ0n) is 20.3. The first-order valence-electron chi connectivity index (χ1n) is 12.2. The van der Waals surface area contributed by atoms with Crippen LogP contribution in [-0.2, 0) is 22.6 Å². The zero-order chi connectivity index (χ0) is 25.2. The summed E-state index contributed by atoms with van der Waals surface area (Å²) in [6, 6.07) is 15.6. The van der Waals surface area contributed by atoms with Crippen molar-refractivity contribution in [3.63, 3.8) is 0 Å². The Labute approximate surface area is 210 Å². The molecule has 1 N–H and O–H groups in total. The minimum atomic E-state index is -0.779. The van der Waals surface area contributed by atoms with Crippen LogP contribution in [0, 0.1) is 0 Å². The number of hydrogen-bond donors (Lipinski definition) is 1. The van der Waals surface area contributed by atoms with Crippen LogP contribution in [0.2, 0.25) is 0 Å². The number of likely N-dealkylation sites (tertiary alicyclic amines) is 1. The highest BCUT2D eigenvalue weighted by atomic mass is 16.5. The van der Waals surface area contributed by atoms with Crippen LogP contribution < -0.4 is 9.47 Å². The summed E-state index contributed by atoms with van der Waals surface area (Å²) in [5.41, 5.74) is 2.97. The van der Waals surface area contributed by atoms with Crippen molar-refractivity contribution in [1.29, 1.82) is 0 Å². The summed E-state index contributed by atoms with van der Waals surface area (Å²) >= 11 is 0. The molecule has 0 saturated carbocycles. The highest BCUT2D eigenvalue weighted by Crippen LogP contribution is 2.42. The van der Waals surface area contributed by atoms with Crippen molar-refractivity contribution in [1.82, 2.24) is 9.88 Å². The minimum absolute atomic E-state index is 0.0494. The Kier molecular flexibility index (Phi) is 6.46. The van der Waals surface area contributed by atoms with Gasteiger partial charge in [0.1, 0.15) is 23.4 Å². The third-order valence-corrected chi connectivity index (χ3v) is 6.43. The molecule has 2 aliphatic rings. The molecule has 0 aliphatic carbocycles. The number of hydrogen-bond acceptors (Lipinski definition) is 6. The van der Waals surface area contributed by atoms with E-state index in [0.29, 0.717) is 29.9 Å². The van der Waals surface area contributed by atoms with Gasteiger partial charge in [0.25, 0.3) is 11.7 Å². The first kappa shape index (κ1) is 23.6. The van der Waals surface area contributed by atoms with E-state index >= 15 is 0 Å². The molecule has 0 bridgehead atoms. The molecule has 2 aromatic carbocycles. The Hall–Kier alpha value is -4.13. The maximum absolute atomic E-state index is 13.4. The quantitative estimate of drug-likeness (QED) is 0.294. The van der Waals surface area contributed by atoms with Gasteiger partial charge in [0, 0.05) is 30.9 Å². The van der Waals surface area contributed by atoms with E-state index in [1.807, 2.05) is 50.2 Å². The third-order valence-electron chi connectivity index (χ3n) is 6.43. The van der Waals surface area contributed by atoms with E-state index in [1.165, 1.54) is 4.90 Å². The molecule has 0 radical (unpaired) electrons. The molecular formula is C29H28N2O5. The van der Waals surface area contributed by atoms with Gasteiger partial charge in [0.05, 0.1) is 18.2 Å². The standard InChI is InChI=1S/C29H28N2O5/c1-3-12-35-23-8-4-7-20(15-23)26-25(27(32)21-9-10-24-22(14-21)13-18(2)36-24)28(33)29(34)31(26)17-19-6-5-11-30-16-19/h4-11,14-16,18,26,32H,3,12-13,17H2,1-2H3/b27-25+. The van der Waals surface area contributed by atoms with E-state index < -0.39 is 17.7 Å². The van der Waals surface area contributed by atoms with Crippen LogP contribution >= 0.6 is 0 Å². The summed E-state index contributed by atoms with van der Waals surface area (Å²) in [6.07, 6.45) is 4.94. The van der Waals surface area contributed by atoms with Gasteiger partial charge in [-0.3, -0.25) is 14.6 Å². The average molecular weight is 485 g/mol. The lowest BCUT2D eigenvalue weighted by atomic mass is 9.94. The lowest BCUT2D eigenvalue weighted by Gasteiger charge is -2.25. The molecule has 1 amide bonds. The Balaban J connectivity index is 1.61. The second kappa shape index (κ2) is 9.85. The second-order valence-electron chi connectivity index (χ2n) is 9.16. The molecule has 3 heterocycles. The van der Waals surface area contributed by atoms with Gasteiger partial charge in [-0.1, -0.05) is 25.1 Å². The summed E-state index contributed by atoms with van der Waals surface area (Å²) in [5.74, 6) is -0.164. The number of amides is 1. The molecule has 1 aromatic heterocycles. The molecule has 7 heteroatoms. The number of carbonyl (C=O) groups is 2. The topological polar surface area (TPSA) is 89.0 Å². The van der Waals surface area contributed by atoms with Gasteiger partial charge in [-0.2, -0.15) is 0 Å². The molecule has 184 valence electrons. The number of pyridine rings is 1. The number of ether oxygens (including phenoxy) is 2. The van der Waals surface area contributed by atoms with Gasteiger partial charge in [0.15, 0.2) is 0 Å². The number of aromatic nitrogens is 1. The van der Waals surface area contributed by atoms with E-state index in [0.717, 1.165) is 23.3 Å². The maximum Gasteiger partial charge on any atom is 0.295 e. The van der Waals surface area contributed by atoms with E-state index in [4.69, 9.17) is 9.47 Å². The second-order valence-corrected chi connectivity index (χ2v) is 9.16. The largest absolute Gasteiger partial charge is 0.507 e. The number of nitrogens with zero attached hydrogens (tertiary/aromatic N) is 2. The molecule has 2 aliphatic heterocycles. The van der Waals surface area contributed by atoms with Crippen LogP contribution in [0.4, 0.5) is 0 Å². The van der Waals surface area contributed by atoms with Crippen LogP contribution in [0.3, 0.4) is 0 Å². The van der Waals surface area contributed by atoms with Gasteiger partial charge >= 0.3 is 0 Å². The highest BCUT2D eigenvalue weighted by molar-refractivity contribution is 6.46. The molecule has 0 spiro atoms. The minimum Gasteiger partial charge on any atom is -0.507 e. The fraction of sp³-hybridized carbons (Fsp3) is 0.276. The van der Waals surface area contributed by atoms with Crippen LogP contribution in [0.25, 0.3) is 5.76 Å². The predicted molar refractivity (Wildman–Crippen MR) is 135 cm³/mol. The maximum atomic E-state index is 13.4. The highest BCUT2D eigenvalue weighted by Gasteiger charge is 2.46. The van der Waals surface area contributed by atoms with Crippen molar-refractivity contribution < 1.29 is 24.2 Å². The van der Waals surface area contributed by atoms with Gasteiger partial charge in [-0.15, -0.1) is 0 Å². The summed E-state index contributed by atoms with van der Waals surface area (Å²) in [5, 5.41) is 11.4. The Morgan fingerprint density at radius 3 is 2.81 bits per heavy atom. The molecular weight excluding hydrogens is 456 g/mol. The lowest BCUT2D eigenvalue weighted by molar-refractivity contribution is -0.140. The molecule has 7 nitrogen and oxygen atoms in total. The number of Topliss-reactive ketones (excluding diaryl/α,β-unsaturated/α-hetero) is 1. The molecule has 2 unspecified atom stereocenters. The molecule has 1 saturated heterocycles. The van der Waals surface area contributed by atoms with Crippen molar-refractivity contribution >= 4 is 17.4 Å². The van der Waals surface area contributed by atoms with Gasteiger partial charge in [-0.05, 0) is 66.4 Å². The average Bonchev–Trinajstić information content (AvgIpc) is 3.39. The number of benzene rings is 2. The van der Waals surface area contributed by atoms with E-state index in [-0.39, 0.29) is 24.0 Å². The number of aliphatic hydroxyl groups excluding tert-OH is 1. The summed E-state index contributed by atoms with van der Waals surface area (Å²) < 4.78 is 11.6. The number of aliphatic hydroxyl groups is 1. The number of rotatable bonds is 7. The first-order valence-corrected chi connectivity index (χ1v) is 12.2. The Bertz CT molecular complexity index is 1330. The van der Waals surface area contributed by atoms with Gasteiger partial charge < -0.3 is 19.5 Å². The number of ketones is 1. The zero-order valence-corrected chi connectivity index (χ0v) is 20.3. The SMILES string of the molecule is CCCOc1cccc(C2/C(=C(\O)c3ccc4c(c3)CC(C)O4)C(=O)C(=O)N2Cc2cccnc2)c1. The van der Waals surface area contributed by atoms with Crippen molar-refractivity contribution in [3.8, 4) is 11.5 Å². The lowest BCUT2D eigenvalue weighted by Crippen LogP contribution is -2.29. The summed E-state index contributed by atoms with van der Waals surface area (Å²) in [4.78, 5) is 32.3. The molecule has 5 rings (SSSR count). The summed E-state index contributed by atoms with van der Waals surface area (Å²) in [6.45, 7) is 4.73. The molecule has 1 fully saturated rings. The van der Waals surface area contributed by atoms with Gasteiger partial charge in [0.2, 0.25) is 0 Å². The monoisotopic (exact) mass is 484 g/mol. The van der Waals surface area contributed by atoms with Crippen molar-refractivity contribution in [2.75, 3.05) is 6.61 Å². The Morgan fingerprint density at radius 1 is 1.17 bits per heavy atom. The van der Waals surface area contributed by atoms with Gasteiger partial charge in [-0.25, -0.2) is 0 Å². The first-order chi connectivity index (χ1) is 17.5. The smallest absolute Gasteiger partial charge is 0.295 e. The van der Waals surface area contributed by atoms with Crippen LogP contribution in [0.5, 0.6) is 11.5 Å². The van der Waals surface area contributed by atoms with E-state index in [1.54, 1.807) is 30.6 Å². The van der Waals surface area contributed by atoms with Crippen molar-refractivity contribution in [2.24, 2.45) is 0 Å². The van der Waals surface area contributed by atoms with Crippen LogP contribution in [-0.4, -0.2) is 39.4 Å². The van der Waals surface area contributed by atoms with Crippen LogP contribution in [0.1, 0.15) is 48.6 Å². The predicted octanol–water partition coefficient (Wildman–Crippen LogP) is 4.82. The van der Waals surface area contributed by atoms with Crippen molar-refractivity contribution in [3.05, 3.63) is 94.8 Å². The molecule has 36 heavy (non-hydrogen) atoms. The fourth-order valence-electron chi connectivity index (χ4n) is 4.80. The van der Waals surface area contributed by atoms with Crippen molar-refractivity contribution in [2.45, 2.75) is 45.4 Å². The van der Waals surface area contributed by atoms with E-state index in [2.05, 4.69) is 4.98 Å². The Morgan fingerprint density at radius 2 is 2.03 bits per heavy atom. The van der Waals surface area contributed by atoms with Crippen LogP contribution in [0.15, 0.2) is 72.6 Å². The fourth-order valence-corrected chi connectivity index (χ4v) is 4.80. The summed E-state index contributed by atoms with van der Waals surface area (Å²) in [7, 11) is 0. The number of carbonyl (C=O) groups excluding carboxylic acids is 2. The molecule has 2 atom stereocenters.